The third-order valence-electron chi connectivity index (χ3n) is 4.71. The van der Waals surface area contributed by atoms with Crippen LogP contribution in [0.3, 0.4) is 0 Å². The summed E-state index contributed by atoms with van der Waals surface area (Å²) >= 11 is 7.74. The van der Waals surface area contributed by atoms with Crippen molar-refractivity contribution in [1.29, 1.82) is 0 Å². The Bertz CT molecular complexity index is 1120. The molecule has 0 amide bonds. The molecule has 0 aliphatic carbocycles. The second-order valence-electron chi connectivity index (χ2n) is 6.72. The molecule has 154 valence electrons. The molecule has 30 heavy (non-hydrogen) atoms. The Kier molecular flexibility index (Phi) is 6.45. The van der Waals surface area contributed by atoms with Gasteiger partial charge in [-0.15, -0.1) is 11.8 Å². The third-order valence-corrected chi connectivity index (χ3v) is 5.74. The summed E-state index contributed by atoms with van der Waals surface area (Å²) in [5, 5.41) is 0.690. The van der Waals surface area contributed by atoms with Crippen LogP contribution in [-0.2, 0) is 6.42 Å². The van der Waals surface area contributed by atoms with Crippen LogP contribution in [0, 0.1) is 6.92 Å². The highest BCUT2D eigenvalue weighted by molar-refractivity contribution is 7.98. The van der Waals surface area contributed by atoms with Crippen molar-refractivity contribution in [1.82, 2.24) is 14.5 Å². The fourth-order valence-corrected chi connectivity index (χ4v) is 3.85. The molecule has 0 N–H and O–H groups in total. The molecule has 2 heterocycles. The van der Waals surface area contributed by atoms with E-state index in [1.807, 2.05) is 60.2 Å². The minimum absolute atomic E-state index is 0.513. The smallest absolute Gasteiger partial charge is 0.307 e. The van der Waals surface area contributed by atoms with Crippen LogP contribution in [0.2, 0.25) is 5.02 Å². The first-order chi connectivity index (χ1) is 14.7. The summed E-state index contributed by atoms with van der Waals surface area (Å²) in [6, 6.07) is 16.2. The summed E-state index contributed by atoms with van der Waals surface area (Å²) in [4.78, 5) is 10.1. The van der Waals surface area contributed by atoms with Gasteiger partial charge in [-0.05, 0) is 43.9 Å². The average molecular weight is 440 g/mol. The molecule has 0 spiro atoms. The fourth-order valence-electron chi connectivity index (χ4n) is 3.18. The number of hydrogen-bond donors (Lipinski definition) is 0. The van der Waals surface area contributed by atoms with Gasteiger partial charge in [0, 0.05) is 34.3 Å². The minimum atomic E-state index is 0.513. The molecule has 4 aromatic rings. The number of ether oxygens (including phenoxy) is 1. The number of thioether (sulfide) groups is 1. The van der Waals surface area contributed by atoms with E-state index < -0.39 is 0 Å². The average Bonchev–Trinajstić information content (AvgIpc) is 3.38. The molecule has 0 atom stereocenters. The lowest BCUT2D eigenvalue weighted by Gasteiger charge is -2.09. The van der Waals surface area contributed by atoms with Crippen molar-refractivity contribution in [3.63, 3.8) is 0 Å². The highest BCUT2D eigenvalue weighted by atomic mass is 35.5. The summed E-state index contributed by atoms with van der Waals surface area (Å²) in [6.07, 6.45) is 7.15. The third kappa shape index (κ3) is 4.55. The summed E-state index contributed by atoms with van der Waals surface area (Å²) in [7, 11) is 0. The molecular formula is C23H22ClN3O2S. The van der Waals surface area contributed by atoms with Crippen molar-refractivity contribution in [2.24, 2.45) is 0 Å². The number of hydrogen-bond acceptors (Lipinski definition) is 5. The largest absolute Gasteiger partial charge is 0.492 e. The van der Waals surface area contributed by atoms with E-state index in [1.54, 1.807) is 18.0 Å². The summed E-state index contributed by atoms with van der Waals surface area (Å²) < 4.78 is 14.0. The van der Waals surface area contributed by atoms with Crippen LogP contribution in [0.1, 0.15) is 18.0 Å². The fraction of sp³-hybridized carbons (Fsp3) is 0.217. The maximum absolute atomic E-state index is 6.14. The zero-order valence-corrected chi connectivity index (χ0v) is 18.4. The van der Waals surface area contributed by atoms with E-state index in [0.717, 1.165) is 39.9 Å². The van der Waals surface area contributed by atoms with Gasteiger partial charge in [0.1, 0.15) is 23.0 Å². The highest BCUT2D eigenvalue weighted by Crippen LogP contribution is 2.29. The number of imidazole rings is 1. The van der Waals surface area contributed by atoms with Crippen LogP contribution >= 0.6 is 23.4 Å². The Labute approximate surface area is 185 Å². The highest BCUT2D eigenvalue weighted by Gasteiger charge is 2.17. The van der Waals surface area contributed by atoms with Crippen molar-refractivity contribution in [3.8, 4) is 23.0 Å². The first-order valence-electron chi connectivity index (χ1n) is 9.67. The molecule has 0 saturated heterocycles. The second-order valence-corrected chi connectivity index (χ2v) is 8.01. The summed E-state index contributed by atoms with van der Waals surface area (Å²) in [5.74, 6) is 2.56. The van der Waals surface area contributed by atoms with Gasteiger partial charge in [0.25, 0.3) is 0 Å². The van der Waals surface area contributed by atoms with E-state index >= 15 is 0 Å². The number of benzene rings is 2. The van der Waals surface area contributed by atoms with Crippen molar-refractivity contribution < 1.29 is 9.15 Å². The number of aryl methyl sites for hydroxylation is 2. The topological polar surface area (TPSA) is 53.1 Å². The maximum atomic E-state index is 6.14. The van der Waals surface area contributed by atoms with Gasteiger partial charge in [0.15, 0.2) is 0 Å². The number of aromatic nitrogens is 3. The van der Waals surface area contributed by atoms with Gasteiger partial charge >= 0.3 is 6.01 Å². The molecule has 4 rings (SSSR count). The maximum Gasteiger partial charge on any atom is 0.307 e. The van der Waals surface area contributed by atoms with E-state index in [1.165, 1.54) is 0 Å². The van der Waals surface area contributed by atoms with Gasteiger partial charge < -0.3 is 9.15 Å². The molecule has 0 aliphatic rings. The molecule has 0 fully saturated rings. The van der Waals surface area contributed by atoms with E-state index in [-0.39, 0.29) is 0 Å². The first-order valence-corrected chi connectivity index (χ1v) is 11.3. The molecule has 2 aromatic carbocycles. The molecule has 0 radical (unpaired) electrons. The molecule has 0 unspecified atom stereocenters. The predicted octanol–water partition coefficient (Wildman–Crippen LogP) is 6.22. The van der Waals surface area contributed by atoms with Crippen LogP contribution in [0.4, 0.5) is 0 Å². The monoisotopic (exact) mass is 439 g/mol. The van der Waals surface area contributed by atoms with Gasteiger partial charge in [-0.2, -0.15) is 4.98 Å². The van der Waals surface area contributed by atoms with E-state index in [0.29, 0.717) is 24.1 Å². The number of para-hydroxylation sites is 1. The molecule has 0 bridgehead atoms. The van der Waals surface area contributed by atoms with Crippen LogP contribution in [-0.4, -0.2) is 27.4 Å². The van der Waals surface area contributed by atoms with Crippen LogP contribution < -0.4 is 4.74 Å². The molecule has 0 aliphatic heterocycles. The van der Waals surface area contributed by atoms with Gasteiger partial charge in [-0.3, -0.25) is 4.57 Å². The minimum Gasteiger partial charge on any atom is -0.492 e. The van der Waals surface area contributed by atoms with Crippen molar-refractivity contribution >= 4 is 23.4 Å². The Morgan fingerprint density at radius 3 is 2.67 bits per heavy atom. The second kappa shape index (κ2) is 9.41. The van der Waals surface area contributed by atoms with Gasteiger partial charge in [0.05, 0.1) is 6.61 Å². The number of halogens is 1. The van der Waals surface area contributed by atoms with Gasteiger partial charge in [0.2, 0.25) is 0 Å². The van der Waals surface area contributed by atoms with Crippen LogP contribution in [0.5, 0.6) is 5.75 Å². The SMILES string of the molecule is CSc1ccccc1OCCCc1oc(-n2ccnc2C)nc1-c1ccc(Cl)cc1. The number of nitrogens with zero attached hydrogens (tertiary/aromatic N) is 3. The molecular weight excluding hydrogens is 418 g/mol. The standard InChI is InChI=1S/C23H22ClN3O2S/c1-16-25-13-14-27(16)23-26-22(17-9-11-18(24)12-10-17)20(29-23)7-5-15-28-19-6-3-4-8-21(19)30-2/h3-4,6,8-14H,5,7,15H2,1-2H3. The predicted molar refractivity (Wildman–Crippen MR) is 121 cm³/mol. The summed E-state index contributed by atoms with van der Waals surface area (Å²) in [6.45, 7) is 2.51. The molecule has 7 heteroatoms. The number of oxazole rings is 1. The van der Waals surface area contributed by atoms with E-state index in [9.17, 15) is 0 Å². The van der Waals surface area contributed by atoms with E-state index in [4.69, 9.17) is 25.7 Å². The summed E-state index contributed by atoms with van der Waals surface area (Å²) in [5.41, 5.74) is 1.79. The Morgan fingerprint density at radius 1 is 1.13 bits per heavy atom. The van der Waals surface area contributed by atoms with Crippen molar-refractivity contribution in [3.05, 3.63) is 77.5 Å². The lowest BCUT2D eigenvalue weighted by molar-refractivity contribution is 0.299. The van der Waals surface area contributed by atoms with Crippen LogP contribution in [0.25, 0.3) is 17.3 Å². The Balaban J connectivity index is 1.53. The van der Waals surface area contributed by atoms with Gasteiger partial charge in [-0.1, -0.05) is 35.9 Å². The van der Waals surface area contributed by atoms with E-state index in [2.05, 4.69) is 17.3 Å². The molecule has 5 nitrogen and oxygen atoms in total. The van der Waals surface area contributed by atoms with Gasteiger partial charge in [-0.25, -0.2) is 4.98 Å². The Hall–Kier alpha value is -2.70. The lowest BCUT2D eigenvalue weighted by atomic mass is 10.1. The Morgan fingerprint density at radius 2 is 1.93 bits per heavy atom. The quantitative estimate of drug-likeness (QED) is 0.241. The normalized spacial score (nSPS) is 11.0. The zero-order valence-electron chi connectivity index (χ0n) is 16.8. The van der Waals surface area contributed by atoms with Crippen molar-refractivity contribution in [2.75, 3.05) is 12.9 Å². The molecule has 0 saturated carbocycles. The lowest BCUT2D eigenvalue weighted by Crippen LogP contribution is -2.00. The van der Waals surface area contributed by atoms with Crippen LogP contribution in [0.15, 0.2) is 70.2 Å². The zero-order chi connectivity index (χ0) is 20.9. The molecule has 2 aromatic heterocycles. The van der Waals surface area contributed by atoms with Crippen molar-refractivity contribution in [2.45, 2.75) is 24.7 Å². The first kappa shape index (κ1) is 20.6. The number of rotatable bonds is 8.